The molecule has 2 rings (SSSR count). The van der Waals surface area contributed by atoms with Crippen LogP contribution in [0.15, 0.2) is 47.6 Å². The number of hydrogen-bond donors (Lipinski definition) is 1. The molecule has 1 amide bonds. The lowest BCUT2D eigenvalue weighted by atomic mass is 10.1. The molecule has 3 nitrogen and oxygen atoms in total. The molecular formula is C16H15FN2O. The number of carbonyl (C=O) groups is 1. The third-order valence-corrected chi connectivity index (χ3v) is 2.91. The summed E-state index contributed by atoms with van der Waals surface area (Å²) < 4.78 is 13.4. The number of halogens is 1. The van der Waals surface area contributed by atoms with E-state index in [-0.39, 0.29) is 5.56 Å². The number of amides is 1. The van der Waals surface area contributed by atoms with E-state index in [1.807, 2.05) is 32.0 Å². The van der Waals surface area contributed by atoms with Gasteiger partial charge in [0.2, 0.25) is 0 Å². The van der Waals surface area contributed by atoms with Crippen molar-refractivity contribution >= 4 is 12.1 Å². The fourth-order valence-electron chi connectivity index (χ4n) is 1.84. The molecule has 0 saturated carbocycles. The van der Waals surface area contributed by atoms with Crippen molar-refractivity contribution in [3.8, 4) is 0 Å². The van der Waals surface area contributed by atoms with Crippen molar-refractivity contribution in [2.75, 3.05) is 0 Å². The molecule has 0 radical (unpaired) electrons. The van der Waals surface area contributed by atoms with Crippen LogP contribution in [0.3, 0.4) is 0 Å². The summed E-state index contributed by atoms with van der Waals surface area (Å²) in [5, 5.41) is 3.86. The molecule has 0 aliphatic rings. The maximum Gasteiger partial charge on any atom is 0.274 e. The van der Waals surface area contributed by atoms with E-state index in [2.05, 4.69) is 10.5 Å². The molecule has 0 saturated heterocycles. The maximum absolute atomic E-state index is 13.4. The number of rotatable bonds is 3. The van der Waals surface area contributed by atoms with Crippen LogP contribution in [0, 0.1) is 19.7 Å². The van der Waals surface area contributed by atoms with Gasteiger partial charge < -0.3 is 0 Å². The largest absolute Gasteiger partial charge is 0.274 e. The second kappa shape index (κ2) is 6.10. The molecule has 0 aromatic heterocycles. The van der Waals surface area contributed by atoms with Crippen LogP contribution in [0.2, 0.25) is 0 Å². The van der Waals surface area contributed by atoms with Gasteiger partial charge >= 0.3 is 0 Å². The third kappa shape index (κ3) is 3.29. The van der Waals surface area contributed by atoms with Crippen LogP contribution in [0.5, 0.6) is 0 Å². The second-order valence-electron chi connectivity index (χ2n) is 4.54. The zero-order valence-electron chi connectivity index (χ0n) is 11.4. The highest BCUT2D eigenvalue weighted by Gasteiger charge is 2.09. The average Bonchev–Trinajstić information content (AvgIpc) is 2.41. The van der Waals surface area contributed by atoms with Crippen molar-refractivity contribution in [3.05, 3.63) is 70.5 Å². The molecule has 2 aromatic rings. The SMILES string of the molecule is Cc1ccc(/C=N/NC(=O)c2ccccc2F)c(C)c1. The first-order valence-electron chi connectivity index (χ1n) is 6.23. The summed E-state index contributed by atoms with van der Waals surface area (Å²) in [6.07, 6.45) is 1.55. The van der Waals surface area contributed by atoms with Gasteiger partial charge in [-0.05, 0) is 37.1 Å². The summed E-state index contributed by atoms with van der Waals surface area (Å²) >= 11 is 0. The molecule has 20 heavy (non-hydrogen) atoms. The van der Waals surface area contributed by atoms with Gasteiger partial charge in [-0.2, -0.15) is 5.10 Å². The summed E-state index contributed by atoms with van der Waals surface area (Å²) in [4.78, 5) is 11.7. The van der Waals surface area contributed by atoms with Crippen molar-refractivity contribution in [2.24, 2.45) is 5.10 Å². The number of carbonyl (C=O) groups excluding carboxylic acids is 1. The van der Waals surface area contributed by atoms with Gasteiger partial charge in [-0.15, -0.1) is 0 Å². The third-order valence-electron chi connectivity index (χ3n) is 2.91. The van der Waals surface area contributed by atoms with Crippen molar-refractivity contribution < 1.29 is 9.18 Å². The minimum absolute atomic E-state index is 0.0229. The molecule has 2 aromatic carbocycles. The van der Waals surface area contributed by atoms with Gasteiger partial charge in [0.1, 0.15) is 5.82 Å². The lowest BCUT2D eigenvalue weighted by Crippen LogP contribution is -2.19. The smallest absolute Gasteiger partial charge is 0.267 e. The normalized spacial score (nSPS) is 10.8. The summed E-state index contributed by atoms with van der Waals surface area (Å²) in [5.74, 6) is -1.13. The van der Waals surface area contributed by atoms with Crippen molar-refractivity contribution in [1.82, 2.24) is 5.43 Å². The van der Waals surface area contributed by atoms with Gasteiger partial charge in [-0.25, -0.2) is 9.82 Å². The van der Waals surface area contributed by atoms with Crippen molar-refractivity contribution in [3.63, 3.8) is 0 Å². The van der Waals surface area contributed by atoms with Crippen LogP contribution in [-0.4, -0.2) is 12.1 Å². The van der Waals surface area contributed by atoms with Crippen LogP contribution in [0.1, 0.15) is 27.0 Å². The monoisotopic (exact) mass is 270 g/mol. The predicted molar refractivity (Wildman–Crippen MR) is 77.4 cm³/mol. The van der Waals surface area contributed by atoms with E-state index in [1.165, 1.54) is 18.2 Å². The van der Waals surface area contributed by atoms with Gasteiger partial charge in [-0.3, -0.25) is 4.79 Å². The Labute approximate surface area is 117 Å². The van der Waals surface area contributed by atoms with Crippen LogP contribution >= 0.6 is 0 Å². The van der Waals surface area contributed by atoms with Crippen LogP contribution in [0.25, 0.3) is 0 Å². The zero-order valence-corrected chi connectivity index (χ0v) is 11.4. The molecule has 0 aliphatic heterocycles. The highest BCUT2D eigenvalue weighted by atomic mass is 19.1. The first kappa shape index (κ1) is 13.9. The Morgan fingerprint density at radius 3 is 2.65 bits per heavy atom. The number of benzene rings is 2. The Morgan fingerprint density at radius 1 is 1.20 bits per heavy atom. The second-order valence-corrected chi connectivity index (χ2v) is 4.54. The fourth-order valence-corrected chi connectivity index (χ4v) is 1.84. The van der Waals surface area contributed by atoms with Crippen LogP contribution in [-0.2, 0) is 0 Å². The Kier molecular flexibility index (Phi) is 4.25. The zero-order chi connectivity index (χ0) is 14.5. The predicted octanol–water partition coefficient (Wildman–Crippen LogP) is 3.21. The van der Waals surface area contributed by atoms with Gasteiger partial charge in [0, 0.05) is 0 Å². The highest BCUT2D eigenvalue weighted by molar-refractivity contribution is 5.95. The molecule has 0 aliphatic carbocycles. The Bertz CT molecular complexity index is 665. The lowest BCUT2D eigenvalue weighted by Gasteiger charge is -2.02. The number of nitrogens with one attached hydrogen (secondary N) is 1. The minimum atomic E-state index is -0.566. The first-order chi connectivity index (χ1) is 9.58. The highest BCUT2D eigenvalue weighted by Crippen LogP contribution is 2.08. The molecule has 1 N–H and O–H groups in total. The molecule has 0 bridgehead atoms. The molecule has 0 fully saturated rings. The summed E-state index contributed by atoms with van der Waals surface area (Å²) in [6, 6.07) is 11.7. The van der Waals surface area contributed by atoms with Gasteiger partial charge in [-0.1, -0.05) is 35.9 Å². The molecule has 0 atom stereocenters. The Morgan fingerprint density at radius 2 is 1.95 bits per heavy atom. The summed E-state index contributed by atoms with van der Waals surface area (Å²) in [7, 11) is 0. The van der Waals surface area contributed by atoms with Crippen molar-refractivity contribution in [1.29, 1.82) is 0 Å². The molecule has 0 heterocycles. The molecule has 102 valence electrons. The van der Waals surface area contributed by atoms with Gasteiger partial charge in [0.25, 0.3) is 5.91 Å². The molecule has 0 spiro atoms. The maximum atomic E-state index is 13.4. The number of hydrogen-bond acceptors (Lipinski definition) is 2. The van der Waals surface area contributed by atoms with E-state index >= 15 is 0 Å². The Balaban J connectivity index is 2.07. The minimum Gasteiger partial charge on any atom is -0.267 e. The Hall–Kier alpha value is -2.49. The van der Waals surface area contributed by atoms with Gasteiger partial charge in [0.15, 0.2) is 0 Å². The fraction of sp³-hybridized carbons (Fsp3) is 0.125. The van der Waals surface area contributed by atoms with Gasteiger partial charge in [0.05, 0.1) is 11.8 Å². The number of aryl methyl sites for hydroxylation is 2. The van der Waals surface area contributed by atoms with Crippen LogP contribution in [0.4, 0.5) is 4.39 Å². The molecule has 4 heteroatoms. The van der Waals surface area contributed by atoms with E-state index in [9.17, 15) is 9.18 Å². The molecule has 0 unspecified atom stereocenters. The topological polar surface area (TPSA) is 41.5 Å². The summed E-state index contributed by atoms with van der Waals surface area (Å²) in [6.45, 7) is 3.97. The van der Waals surface area contributed by atoms with E-state index in [4.69, 9.17) is 0 Å². The first-order valence-corrected chi connectivity index (χ1v) is 6.23. The number of nitrogens with zero attached hydrogens (tertiary/aromatic N) is 1. The number of hydrazone groups is 1. The lowest BCUT2D eigenvalue weighted by molar-refractivity contribution is 0.0951. The molecular weight excluding hydrogens is 255 g/mol. The average molecular weight is 270 g/mol. The van der Waals surface area contributed by atoms with Crippen molar-refractivity contribution in [2.45, 2.75) is 13.8 Å². The van der Waals surface area contributed by atoms with E-state index in [1.54, 1.807) is 12.3 Å². The quantitative estimate of drug-likeness (QED) is 0.675. The van der Waals surface area contributed by atoms with E-state index in [0.29, 0.717) is 0 Å². The summed E-state index contributed by atoms with van der Waals surface area (Å²) in [5.41, 5.74) is 5.43. The van der Waals surface area contributed by atoms with E-state index < -0.39 is 11.7 Å². The van der Waals surface area contributed by atoms with E-state index in [0.717, 1.165) is 16.7 Å². The standard InChI is InChI=1S/C16H15FN2O/c1-11-7-8-13(12(2)9-11)10-18-19-16(20)14-5-3-4-6-15(14)17/h3-10H,1-2H3,(H,19,20)/b18-10+. The van der Waals surface area contributed by atoms with Crippen LogP contribution < -0.4 is 5.43 Å².